The Labute approximate surface area is 154 Å². The smallest absolute Gasteiger partial charge is 0.226 e. The van der Waals surface area contributed by atoms with Crippen molar-refractivity contribution in [2.75, 3.05) is 12.3 Å². The highest BCUT2D eigenvalue weighted by Crippen LogP contribution is 2.38. The minimum absolute atomic E-state index is 0.0752. The van der Waals surface area contributed by atoms with Gasteiger partial charge < -0.3 is 14.9 Å². The van der Waals surface area contributed by atoms with E-state index in [0.717, 1.165) is 12.8 Å². The molecule has 0 radical (unpaired) electrons. The van der Waals surface area contributed by atoms with E-state index in [0.29, 0.717) is 17.8 Å². The molecule has 7 nitrogen and oxygen atoms in total. The van der Waals surface area contributed by atoms with Crippen molar-refractivity contribution >= 4 is 36.9 Å². The van der Waals surface area contributed by atoms with Crippen LogP contribution in [0, 0.1) is 0 Å². The van der Waals surface area contributed by atoms with Crippen molar-refractivity contribution in [3.8, 4) is 0 Å². The van der Waals surface area contributed by atoms with Gasteiger partial charge in [-0.1, -0.05) is 20.8 Å². The van der Waals surface area contributed by atoms with Gasteiger partial charge in [-0.25, -0.2) is 4.98 Å². The molecule has 2 aromatic heterocycles. The van der Waals surface area contributed by atoms with Crippen LogP contribution in [-0.2, 0) is 9.16 Å². The molecule has 0 saturated carbocycles. The van der Waals surface area contributed by atoms with Gasteiger partial charge in [0.15, 0.2) is 19.8 Å². The molecule has 2 atom stereocenters. The zero-order chi connectivity index (χ0) is 18.4. The van der Waals surface area contributed by atoms with Gasteiger partial charge in [-0.3, -0.25) is 4.57 Å². The van der Waals surface area contributed by atoms with Crippen LogP contribution in [0.25, 0.3) is 11.2 Å². The predicted molar refractivity (Wildman–Crippen MR) is 101 cm³/mol. The lowest BCUT2D eigenvalue weighted by Gasteiger charge is -2.36. The van der Waals surface area contributed by atoms with Crippen LogP contribution < -0.4 is 5.73 Å². The van der Waals surface area contributed by atoms with Gasteiger partial charge in [0, 0.05) is 0 Å². The average molecular weight is 384 g/mol. The molecule has 0 aromatic carbocycles. The molecule has 2 aromatic rings. The lowest BCUT2D eigenvalue weighted by atomic mass is 10.2. The topological polar surface area (TPSA) is 88.1 Å². The van der Waals surface area contributed by atoms with E-state index in [2.05, 4.69) is 48.8 Å². The molecule has 1 aliphatic rings. The van der Waals surface area contributed by atoms with Crippen molar-refractivity contribution in [1.29, 1.82) is 0 Å². The van der Waals surface area contributed by atoms with Gasteiger partial charge >= 0.3 is 0 Å². The maximum absolute atomic E-state index is 6.29. The normalized spacial score (nSPS) is 22.0. The molecule has 138 valence electrons. The van der Waals surface area contributed by atoms with E-state index in [1.165, 1.54) is 0 Å². The Morgan fingerprint density at radius 1 is 1.36 bits per heavy atom. The predicted octanol–water partition coefficient (Wildman–Crippen LogP) is 3.76. The van der Waals surface area contributed by atoms with Crippen LogP contribution >= 0.6 is 11.6 Å². The highest BCUT2D eigenvalue weighted by atomic mass is 35.5. The molecule has 0 spiro atoms. The number of nitrogen functional groups attached to an aromatic ring is 1. The highest BCUT2D eigenvalue weighted by molar-refractivity contribution is 6.74. The minimum atomic E-state index is -1.77. The molecule has 0 unspecified atom stereocenters. The van der Waals surface area contributed by atoms with Gasteiger partial charge in [-0.05, 0) is 42.6 Å². The van der Waals surface area contributed by atoms with E-state index in [1.54, 1.807) is 6.33 Å². The molecular formula is C16H26ClN5O2Si. The monoisotopic (exact) mass is 383 g/mol. The lowest BCUT2D eigenvalue weighted by molar-refractivity contribution is -0.0182. The van der Waals surface area contributed by atoms with Gasteiger partial charge in [0.25, 0.3) is 0 Å². The molecule has 1 fully saturated rings. The van der Waals surface area contributed by atoms with Crippen molar-refractivity contribution in [2.45, 2.75) is 64.1 Å². The quantitative estimate of drug-likeness (QED) is 0.638. The number of imidazole rings is 1. The molecule has 1 saturated heterocycles. The van der Waals surface area contributed by atoms with Gasteiger partial charge in [-0.2, -0.15) is 9.97 Å². The van der Waals surface area contributed by atoms with Crippen molar-refractivity contribution < 1.29 is 9.16 Å². The summed E-state index contributed by atoms with van der Waals surface area (Å²) in [7, 11) is -1.77. The van der Waals surface area contributed by atoms with E-state index in [9.17, 15) is 0 Å². The molecule has 0 amide bonds. The highest BCUT2D eigenvalue weighted by Gasteiger charge is 2.38. The SMILES string of the molecule is CC(C)(C)[Si](C)(C)OC[C@@H]1CC[C@H](n2cnc3c(N)nc(Cl)nc32)O1. The number of rotatable bonds is 4. The minimum Gasteiger partial charge on any atom is -0.414 e. The van der Waals surface area contributed by atoms with E-state index in [1.807, 2.05) is 4.57 Å². The summed E-state index contributed by atoms with van der Waals surface area (Å²) in [6, 6.07) is 0. The van der Waals surface area contributed by atoms with Gasteiger partial charge in [0.2, 0.25) is 5.28 Å². The van der Waals surface area contributed by atoms with Crippen LogP contribution in [0.1, 0.15) is 39.8 Å². The van der Waals surface area contributed by atoms with E-state index < -0.39 is 8.32 Å². The summed E-state index contributed by atoms with van der Waals surface area (Å²) in [4.78, 5) is 12.5. The number of nitrogens with zero attached hydrogens (tertiary/aromatic N) is 4. The lowest BCUT2D eigenvalue weighted by Crippen LogP contribution is -2.42. The summed E-state index contributed by atoms with van der Waals surface area (Å²) < 4.78 is 14.3. The van der Waals surface area contributed by atoms with Crippen molar-refractivity contribution in [3.63, 3.8) is 0 Å². The fraction of sp³-hybridized carbons (Fsp3) is 0.688. The van der Waals surface area contributed by atoms with Crippen LogP contribution in [-0.4, -0.2) is 40.5 Å². The Morgan fingerprint density at radius 2 is 2.08 bits per heavy atom. The second-order valence-electron chi connectivity index (χ2n) is 8.06. The van der Waals surface area contributed by atoms with Crippen LogP contribution in [0.15, 0.2) is 6.33 Å². The Morgan fingerprint density at radius 3 is 2.76 bits per heavy atom. The molecule has 3 heterocycles. The van der Waals surface area contributed by atoms with Gasteiger partial charge in [-0.15, -0.1) is 0 Å². The van der Waals surface area contributed by atoms with Gasteiger partial charge in [0.05, 0.1) is 19.0 Å². The Balaban J connectivity index is 1.70. The standard InChI is InChI=1S/C16H26ClN5O2Si/c1-16(2,3)25(4,5)23-8-10-6-7-11(24-10)22-9-19-12-13(18)20-15(17)21-14(12)22/h9-11H,6-8H2,1-5H3,(H2,18,20,21)/t10-,11+/m0/s1. The zero-order valence-corrected chi connectivity index (χ0v) is 17.2. The first-order valence-electron chi connectivity index (χ1n) is 8.53. The number of aromatic nitrogens is 4. The third-order valence-electron chi connectivity index (χ3n) is 5.25. The van der Waals surface area contributed by atoms with E-state index in [4.69, 9.17) is 26.5 Å². The van der Waals surface area contributed by atoms with Crippen LogP contribution in [0.2, 0.25) is 23.4 Å². The Kier molecular flexibility index (Phi) is 4.82. The molecule has 2 N–H and O–H groups in total. The number of ether oxygens (including phenoxy) is 1. The number of hydrogen-bond acceptors (Lipinski definition) is 6. The summed E-state index contributed by atoms with van der Waals surface area (Å²) in [6.45, 7) is 11.8. The molecule has 0 aliphatic carbocycles. The third-order valence-corrected chi connectivity index (χ3v) is 9.92. The number of nitrogens with two attached hydrogens (primary N) is 1. The first-order chi connectivity index (χ1) is 11.6. The van der Waals surface area contributed by atoms with Crippen molar-refractivity contribution in [1.82, 2.24) is 19.5 Å². The summed E-state index contributed by atoms with van der Waals surface area (Å²) in [5.74, 6) is 0.282. The molecule has 9 heteroatoms. The van der Waals surface area contributed by atoms with Gasteiger partial charge in [0.1, 0.15) is 11.7 Å². The molecule has 3 rings (SSSR count). The van der Waals surface area contributed by atoms with Crippen LogP contribution in [0.3, 0.4) is 0 Å². The fourth-order valence-corrected chi connectivity index (χ4v) is 3.86. The second kappa shape index (κ2) is 6.50. The third kappa shape index (κ3) is 3.67. The molecular weight excluding hydrogens is 358 g/mol. The molecule has 1 aliphatic heterocycles. The summed E-state index contributed by atoms with van der Waals surface area (Å²) in [5, 5.41) is 0.305. The molecule has 25 heavy (non-hydrogen) atoms. The van der Waals surface area contributed by atoms with Crippen LogP contribution in [0.5, 0.6) is 0 Å². The van der Waals surface area contributed by atoms with Crippen molar-refractivity contribution in [3.05, 3.63) is 11.6 Å². The maximum Gasteiger partial charge on any atom is 0.226 e. The Hall–Kier alpha value is -1.22. The number of anilines is 1. The summed E-state index contributed by atoms with van der Waals surface area (Å²) in [5.41, 5.74) is 7.02. The fourth-order valence-electron chi connectivity index (χ4n) is 2.65. The maximum atomic E-state index is 6.29. The van der Waals surface area contributed by atoms with Crippen molar-refractivity contribution in [2.24, 2.45) is 0 Å². The Bertz CT molecular complexity index is 774. The largest absolute Gasteiger partial charge is 0.414 e. The van der Waals surface area contributed by atoms with E-state index in [-0.39, 0.29) is 28.5 Å². The summed E-state index contributed by atoms with van der Waals surface area (Å²) >= 11 is 5.93. The first-order valence-corrected chi connectivity index (χ1v) is 11.8. The van der Waals surface area contributed by atoms with Crippen LogP contribution in [0.4, 0.5) is 5.82 Å². The first kappa shape index (κ1) is 18.6. The number of hydrogen-bond donors (Lipinski definition) is 1. The second-order valence-corrected chi connectivity index (χ2v) is 13.2. The number of fused-ring (bicyclic) bond motifs is 1. The molecule has 0 bridgehead atoms. The number of halogens is 1. The zero-order valence-electron chi connectivity index (χ0n) is 15.4. The van der Waals surface area contributed by atoms with E-state index >= 15 is 0 Å². The average Bonchev–Trinajstić information content (AvgIpc) is 3.10. The summed E-state index contributed by atoms with van der Waals surface area (Å²) in [6.07, 6.45) is 3.44.